The molecule has 1 aromatic carbocycles. The van der Waals surface area contributed by atoms with Crippen LogP contribution in [0.4, 0.5) is 0 Å². The van der Waals surface area contributed by atoms with Crippen molar-refractivity contribution in [3.05, 3.63) is 66.2 Å². The highest BCUT2D eigenvalue weighted by Gasteiger charge is 2.10. The summed E-state index contributed by atoms with van der Waals surface area (Å²) in [6.07, 6.45) is 0. The van der Waals surface area contributed by atoms with Crippen LogP contribution in [0.15, 0.2) is 60.7 Å². The minimum absolute atomic E-state index is 1.05. The van der Waals surface area contributed by atoms with E-state index in [1.54, 1.807) is 0 Å². The van der Waals surface area contributed by atoms with Crippen LogP contribution in [0.1, 0.15) is 5.56 Å². The summed E-state index contributed by atoms with van der Waals surface area (Å²) in [6, 6.07) is 20.8. The predicted molar refractivity (Wildman–Crippen MR) is 71.0 cm³/mol. The summed E-state index contributed by atoms with van der Waals surface area (Å²) < 4.78 is 0. The van der Waals surface area contributed by atoms with Crippen LogP contribution in [0.2, 0.25) is 0 Å². The Kier molecular flexibility index (Phi) is 2.37. The molecule has 0 saturated carbocycles. The number of nitrogens with zero attached hydrogens (tertiary/aromatic N) is 1. The molecule has 1 aromatic rings. The standard InChI is InChI=1S/C16H13N/c1-12-7-5-6-10-14-11-15(17-16(12)14)13-8-3-2-4-9-13/h2-11H,1H3. The van der Waals surface area contributed by atoms with E-state index < -0.39 is 0 Å². The number of hydrogen-bond acceptors (Lipinski definition) is 1. The molecule has 0 bridgehead atoms. The number of aromatic nitrogens is 1. The summed E-state index contributed by atoms with van der Waals surface area (Å²) in [5.41, 5.74) is 5.73. The van der Waals surface area contributed by atoms with E-state index in [0.29, 0.717) is 0 Å². The number of hydrogen-bond donors (Lipinski definition) is 0. The van der Waals surface area contributed by atoms with Gasteiger partial charge in [0.15, 0.2) is 0 Å². The molecule has 0 unspecified atom stereocenters. The summed E-state index contributed by atoms with van der Waals surface area (Å²) >= 11 is 0. The monoisotopic (exact) mass is 219 g/mol. The first kappa shape index (κ1) is 10.0. The van der Waals surface area contributed by atoms with Crippen LogP contribution in [0.25, 0.3) is 22.5 Å². The van der Waals surface area contributed by atoms with Crippen LogP contribution >= 0.6 is 0 Å². The summed E-state index contributed by atoms with van der Waals surface area (Å²) in [5.74, 6) is 0. The van der Waals surface area contributed by atoms with Gasteiger partial charge in [0.05, 0.1) is 11.4 Å². The summed E-state index contributed by atoms with van der Waals surface area (Å²) in [4.78, 5) is 4.72. The van der Waals surface area contributed by atoms with Crippen molar-refractivity contribution in [2.45, 2.75) is 6.92 Å². The molecule has 1 nitrogen and oxygen atoms in total. The van der Waals surface area contributed by atoms with Gasteiger partial charge in [0, 0.05) is 11.1 Å². The average Bonchev–Trinajstić information content (AvgIpc) is 2.72. The molecule has 1 heteroatoms. The molecule has 0 amide bonds. The predicted octanol–water partition coefficient (Wildman–Crippen LogP) is 4.16. The first-order valence-electron chi connectivity index (χ1n) is 5.76. The minimum atomic E-state index is 1.05. The van der Waals surface area contributed by atoms with Crippen molar-refractivity contribution in [3.63, 3.8) is 0 Å². The summed E-state index contributed by atoms with van der Waals surface area (Å²) in [5, 5.41) is 0. The Labute approximate surface area is 101 Å². The van der Waals surface area contributed by atoms with E-state index in [1.165, 1.54) is 16.7 Å². The lowest BCUT2D eigenvalue weighted by Gasteiger charge is -1.94. The Morgan fingerprint density at radius 1 is 0.765 bits per heavy atom. The van der Waals surface area contributed by atoms with Crippen LogP contribution in [-0.2, 0) is 0 Å². The van der Waals surface area contributed by atoms with E-state index in [4.69, 9.17) is 4.98 Å². The second-order valence-corrected chi connectivity index (χ2v) is 4.21. The van der Waals surface area contributed by atoms with Crippen molar-refractivity contribution in [3.8, 4) is 22.5 Å². The quantitative estimate of drug-likeness (QED) is 0.598. The SMILES string of the molecule is Cc1ccccc2cc(-c3ccccc3)nc1-2. The van der Waals surface area contributed by atoms with Gasteiger partial charge in [0.2, 0.25) is 0 Å². The molecule has 0 N–H and O–H groups in total. The van der Waals surface area contributed by atoms with Crippen LogP contribution < -0.4 is 0 Å². The second-order valence-electron chi connectivity index (χ2n) is 4.21. The minimum Gasteiger partial charge on any atom is -0.247 e. The highest BCUT2D eigenvalue weighted by atomic mass is 14.7. The fourth-order valence-corrected chi connectivity index (χ4v) is 2.07. The van der Waals surface area contributed by atoms with Gasteiger partial charge in [0.1, 0.15) is 0 Å². The van der Waals surface area contributed by atoms with E-state index in [2.05, 4.69) is 49.4 Å². The third kappa shape index (κ3) is 1.80. The van der Waals surface area contributed by atoms with Crippen LogP contribution in [-0.4, -0.2) is 4.98 Å². The van der Waals surface area contributed by atoms with Crippen molar-refractivity contribution in [2.24, 2.45) is 0 Å². The Bertz CT molecular complexity index is 614. The van der Waals surface area contributed by atoms with Gasteiger partial charge >= 0.3 is 0 Å². The third-order valence-electron chi connectivity index (χ3n) is 2.97. The van der Waals surface area contributed by atoms with Crippen molar-refractivity contribution >= 4 is 0 Å². The van der Waals surface area contributed by atoms with Gasteiger partial charge in [-0.2, -0.15) is 0 Å². The lowest BCUT2D eigenvalue weighted by atomic mass is 10.1. The number of benzene rings is 1. The van der Waals surface area contributed by atoms with Gasteiger partial charge in [-0.3, -0.25) is 0 Å². The third-order valence-corrected chi connectivity index (χ3v) is 2.97. The Morgan fingerprint density at radius 2 is 1.41 bits per heavy atom. The molecule has 0 aromatic heterocycles. The van der Waals surface area contributed by atoms with E-state index in [9.17, 15) is 0 Å². The molecule has 0 saturated heterocycles. The maximum absolute atomic E-state index is 4.72. The number of rotatable bonds is 1. The molecule has 1 aliphatic carbocycles. The van der Waals surface area contributed by atoms with Crippen molar-refractivity contribution in [1.82, 2.24) is 4.98 Å². The Balaban J connectivity index is 2.22. The van der Waals surface area contributed by atoms with Crippen LogP contribution in [0.3, 0.4) is 0 Å². The number of aryl methyl sites for hydroxylation is 1. The van der Waals surface area contributed by atoms with Crippen molar-refractivity contribution in [2.75, 3.05) is 0 Å². The zero-order valence-corrected chi connectivity index (χ0v) is 9.72. The fourth-order valence-electron chi connectivity index (χ4n) is 2.07. The Morgan fingerprint density at radius 3 is 2.24 bits per heavy atom. The van der Waals surface area contributed by atoms with E-state index >= 15 is 0 Å². The molecule has 17 heavy (non-hydrogen) atoms. The Hall–Kier alpha value is -2.15. The van der Waals surface area contributed by atoms with E-state index in [1.807, 2.05) is 18.2 Å². The van der Waals surface area contributed by atoms with Gasteiger partial charge in [-0.25, -0.2) is 4.98 Å². The van der Waals surface area contributed by atoms with Gasteiger partial charge < -0.3 is 0 Å². The highest BCUT2D eigenvalue weighted by molar-refractivity contribution is 5.74. The summed E-state index contributed by atoms with van der Waals surface area (Å²) in [7, 11) is 0. The molecule has 2 aliphatic rings. The molecule has 0 radical (unpaired) electrons. The van der Waals surface area contributed by atoms with E-state index in [-0.39, 0.29) is 0 Å². The van der Waals surface area contributed by atoms with Gasteiger partial charge in [-0.1, -0.05) is 54.6 Å². The maximum Gasteiger partial charge on any atom is 0.0739 e. The molecule has 0 spiro atoms. The molecular weight excluding hydrogens is 206 g/mol. The lowest BCUT2D eigenvalue weighted by molar-refractivity contribution is 1.35. The molecule has 82 valence electrons. The van der Waals surface area contributed by atoms with Crippen LogP contribution in [0, 0.1) is 6.92 Å². The molecule has 0 fully saturated rings. The van der Waals surface area contributed by atoms with Gasteiger partial charge in [0.25, 0.3) is 0 Å². The molecule has 0 atom stereocenters. The summed E-state index contributed by atoms with van der Waals surface area (Å²) in [6.45, 7) is 2.10. The average molecular weight is 219 g/mol. The van der Waals surface area contributed by atoms with Crippen molar-refractivity contribution in [1.29, 1.82) is 0 Å². The topological polar surface area (TPSA) is 12.9 Å². The second kappa shape index (κ2) is 4.02. The fraction of sp³-hybridized carbons (Fsp3) is 0.0625. The molecular formula is C16H13N. The molecule has 1 heterocycles. The van der Waals surface area contributed by atoms with Gasteiger partial charge in [-0.15, -0.1) is 0 Å². The zero-order chi connectivity index (χ0) is 11.7. The first-order valence-corrected chi connectivity index (χ1v) is 5.76. The lowest BCUT2D eigenvalue weighted by Crippen LogP contribution is -1.78. The smallest absolute Gasteiger partial charge is 0.0739 e. The van der Waals surface area contributed by atoms with Crippen molar-refractivity contribution < 1.29 is 0 Å². The van der Waals surface area contributed by atoms with Gasteiger partial charge in [-0.05, 0) is 18.6 Å². The maximum atomic E-state index is 4.72. The molecule has 1 aliphatic heterocycles. The zero-order valence-electron chi connectivity index (χ0n) is 9.72. The normalized spacial score (nSPS) is 10.6. The molecule has 3 rings (SSSR count). The first-order chi connectivity index (χ1) is 8.34. The largest absolute Gasteiger partial charge is 0.247 e. The van der Waals surface area contributed by atoms with E-state index in [0.717, 1.165) is 11.4 Å². The highest BCUT2D eigenvalue weighted by Crippen LogP contribution is 2.29. The number of fused-ring (bicyclic) bond motifs is 1. The van der Waals surface area contributed by atoms with Crippen LogP contribution in [0.5, 0.6) is 0 Å².